The van der Waals surface area contributed by atoms with E-state index in [2.05, 4.69) is 4.18 Å². The Morgan fingerprint density at radius 2 is 2.00 bits per heavy atom. The summed E-state index contributed by atoms with van der Waals surface area (Å²) in [5.41, 5.74) is 0. The van der Waals surface area contributed by atoms with Crippen molar-refractivity contribution >= 4 is 10.1 Å². The van der Waals surface area contributed by atoms with E-state index < -0.39 is 16.3 Å². The molecule has 0 aliphatic carbocycles. The summed E-state index contributed by atoms with van der Waals surface area (Å²) in [5, 5.41) is 0. The molecule has 0 bridgehead atoms. The Morgan fingerprint density at radius 3 is 2.42 bits per heavy atom. The predicted molar refractivity (Wildman–Crippen MR) is 45.2 cm³/mol. The predicted octanol–water partition coefficient (Wildman–Crippen LogP) is 1.49. The van der Waals surface area contributed by atoms with Crippen LogP contribution in [0.2, 0.25) is 0 Å². The van der Waals surface area contributed by atoms with E-state index in [0.717, 1.165) is 12.7 Å². The molecule has 0 aliphatic rings. The van der Waals surface area contributed by atoms with Crippen LogP contribution >= 0.6 is 0 Å². The van der Waals surface area contributed by atoms with E-state index in [1.54, 1.807) is 0 Å². The van der Waals surface area contributed by atoms with Gasteiger partial charge < -0.3 is 0 Å². The van der Waals surface area contributed by atoms with E-state index in [1.165, 1.54) is 0 Å². The summed E-state index contributed by atoms with van der Waals surface area (Å²) in [6.07, 6.45) is 1.39. The Labute approximate surface area is 73.0 Å². The van der Waals surface area contributed by atoms with Gasteiger partial charge in [-0.15, -0.1) is 0 Å². The van der Waals surface area contributed by atoms with Crippen molar-refractivity contribution in [3.63, 3.8) is 0 Å². The minimum Gasteiger partial charge on any atom is -0.270 e. The summed E-state index contributed by atoms with van der Waals surface area (Å²) in [4.78, 5) is 0. The van der Waals surface area contributed by atoms with E-state index in [0.29, 0.717) is 6.42 Å². The van der Waals surface area contributed by atoms with Gasteiger partial charge in [0.15, 0.2) is 0 Å². The number of alkyl halides is 1. The molecule has 0 amide bonds. The van der Waals surface area contributed by atoms with Gasteiger partial charge >= 0.3 is 0 Å². The molecule has 0 radical (unpaired) electrons. The van der Waals surface area contributed by atoms with Crippen LogP contribution in [0.1, 0.15) is 26.2 Å². The highest BCUT2D eigenvalue weighted by molar-refractivity contribution is 7.85. The normalized spacial score (nSPS) is 14.6. The average molecular weight is 198 g/mol. The van der Waals surface area contributed by atoms with E-state index in [4.69, 9.17) is 0 Å². The SMILES string of the molecule is CCC[C@H](F)CCOS(C)(=O)=O. The molecule has 0 rings (SSSR count). The number of halogens is 1. The molecule has 0 saturated heterocycles. The van der Waals surface area contributed by atoms with Gasteiger partial charge in [0, 0.05) is 6.42 Å². The first-order valence-electron chi connectivity index (χ1n) is 3.94. The first-order chi connectivity index (χ1) is 5.45. The van der Waals surface area contributed by atoms with E-state index in [-0.39, 0.29) is 13.0 Å². The molecular weight excluding hydrogens is 183 g/mol. The highest BCUT2D eigenvalue weighted by Crippen LogP contribution is 2.06. The third-order valence-electron chi connectivity index (χ3n) is 1.33. The molecule has 3 nitrogen and oxygen atoms in total. The first-order valence-corrected chi connectivity index (χ1v) is 5.76. The Bertz CT molecular complexity index is 201. The van der Waals surface area contributed by atoms with E-state index in [1.807, 2.05) is 6.92 Å². The van der Waals surface area contributed by atoms with Gasteiger partial charge in [0.25, 0.3) is 10.1 Å². The minimum absolute atomic E-state index is 0.0556. The van der Waals surface area contributed by atoms with Crippen molar-refractivity contribution in [2.24, 2.45) is 0 Å². The van der Waals surface area contributed by atoms with Gasteiger partial charge in [0.1, 0.15) is 6.17 Å². The van der Waals surface area contributed by atoms with Gasteiger partial charge in [-0.2, -0.15) is 8.42 Å². The lowest BCUT2D eigenvalue weighted by atomic mass is 10.2. The molecule has 0 aliphatic heterocycles. The summed E-state index contributed by atoms with van der Waals surface area (Å²) >= 11 is 0. The zero-order valence-electron chi connectivity index (χ0n) is 7.42. The van der Waals surface area contributed by atoms with E-state index in [9.17, 15) is 12.8 Å². The summed E-state index contributed by atoms with van der Waals surface area (Å²) in [6.45, 7) is 1.82. The van der Waals surface area contributed by atoms with Crippen molar-refractivity contribution in [3.05, 3.63) is 0 Å². The van der Waals surface area contributed by atoms with Crippen LogP contribution in [0.3, 0.4) is 0 Å². The van der Waals surface area contributed by atoms with Crippen LogP contribution in [-0.4, -0.2) is 27.5 Å². The topological polar surface area (TPSA) is 43.4 Å². The molecule has 5 heteroatoms. The highest BCUT2D eigenvalue weighted by atomic mass is 32.2. The second-order valence-corrected chi connectivity index (χ2v) is 4.34. The van der Waals surface area contributed by atoms with Gasteiger partial charge in [-0.1, -0.05) is 13.3 Å². The summed E-state index contributed by atoms with van der Waals surface area (Å²) in [7, 11) is -3.40. The van der Waals surface area contributed by atoms with Gasteiger partial charge in [-0.3, -0.25) is 4.18 Å². The summed E-state index contributed by atoms with van der Waals surface area (Å²) in [6, 6.07) is 0. The second kappa shape index (κ2) is 5.48. The van der Waals surface area contributed by atoms with Gasteiger partial charge in [-0.25, -0.2) is 4.39 Å². The molecule has 0 aromatic carbocycles. The molecule has 0 heterocycles. The van der Waals surface area contributed by atoms with Crippen LogP contribution < -0.4 is 0 Å². The fourth-order valence-electron chi connectivity index (χ4n) is 0.785. The third-order valence-corrected chi connectivity index (χ3v) is 1.93. The lowest BCUT2D eigenvalue weighted by molar-refractivity contribution is 0.230. The number of hydrogen-bond donors (Lipinski definition) is 0. The number of hydrogen-bond acceptors (Lipinski definition) is 3. The first kappa shape index (κ1) is 11.8. The molecule has 1 atom stereocenters. The second-order valence-electron chi connectivity index (χ2n) is 2.70. The molecule has 0 fully saturated rings. The van der Waals surface area contributed by atoms with Crippen molar-refractivity contribution in [1.82, 2.24) is 0 Å². The Hall–Kier alpha value is -0.160. The fourth-order valence-corrected chi connectivity index (χ4v) is 1.18. The summed E-state index contributed by atoms with van der Waals surface area (Å²) < 4.78 is 37.9. The fraction of sp³-hybridized carbons (Fsp3) is 1.00. The lowest BCUT2D eigenvalue weighted by Gasteiger charge is -2.05. The van der Waals surface area contributed by atoms with E-state index >= 15 is 0 Å². The van der Waals surface area contributed by atoms with Crippen molar-refractivity contribution in [1.29, 1.82) is 0 Å². The Kier molecular flexibility index (Phi) is 5.41. The molecule has 0 aromatic rings. The van der Waals surface area contributed by atoms with Crippen molar-refractivity contribution in [2.75, 3.05) is 12.9 Å². The smallest absolute Gasteiger partial charge is 0.264 e. The van der Waals surface area contributed by atoms with Crippen molar-refractivity contribution < 1.29 is 17.0 Å². The van der Waals surface area contributed by atoms with Crippen molar-refractivity contribution in [3.8, 4) is 0 Å². The molecule has 0 N–H and O–H groups in total. The molecule has 0 aromatic heterocycles. The minimum atomic E-state index is -3.40. The molecule has 0 saturated carbocycles. The molecule has 0 unspecified atom stereocenters. The molecule has 0 spiro atoms. The van der Waals surface area contributed by atoms with Gasteiger partial charge in [0.05, 0.1) is 12.9 Å². The van der Waals surface area contributed by atoms with Crippen LogP contribution in [0.5, 0.6) is 0 Å². The quantitative estimate of drug-likeness (QED) is 0.607. The Balaban J connectivity index is 3.44. The van der Waals surface area contributed by atoms with Gasteiger partial charge in [-0.05, 0) is 6.42 Å². The maximum absolute atomic E-state index is 12.7. The maximum atomic E-state index is 12.7. The third kappa shape index (κ3) is 7.94. The lowest BCUT2D eigenvalue weighted by Crippen LogP contribution is -2.09. The van der Waals surface area contributed by atoms with Crippen molar-refractivity contribution in [2.45, 2.75) is 32.4 Å². The van der Waals surface area contributed by atoms with Crippen LogP contribution in [0.15, 0.2) is 0 Å². The maximum Gasteiger partial charge on any atom is 0.264 e. The van der Waals surface area contributed by atoms with Crippen LogP contribution in [0, 0.1) is 0 Å². The average Bonchev–Trinajstić information content (AvgIpc) is 1.84. The molecule has 74 valence electrons. The number of rotatable bonds is 6. The molecule has 12 heavy (non-hydrogen) atoms. The molecular formula is C7H15FO3S. The Morgan fingerprint density at radius 1 is 1.42 bits per heavy atom. The van der Waals surface area contributed by atoms with Crippen LogP contribution in [0.4, 0.5) is 4.39 Å². The highest BCUT2D eigenvalue weighted by Gasteiger charge is 2.07. The summed E-state index contributed by atoms with van der Waals surface area (Å²) in [5.74, 6) is 0. The standard InChI is InChI=1S/C7H15FO3S/c1-3-4-7(8)5-6-11-12(2,9)10/h7H,3-6H2,1-2H3/t7-/m0/s1. The monoisotopic (exact) mass is 198 g/mol. The van der Waals surface area contributed by atoms with Crippen LogP contribution in [0.25, 0.3) is 0 Å². The zero-order valence-corrected chi connectivity index (χ0v) is 8.23. The van der Waals surface area contributed by atoms with Crippen LogP contribution in [-0.2, 0) is 14.3 Å². The zero-order chi connectivity index (χ0) is 9.61. The largest absolute Gasteiger partial charge is 0.270 e. The van der Waals surface area contributed by atoms with Gasteiger partial charge in [0.2, 0.25) is 0 Å².